The van der Waals surface area contributed by atoms with E-state index in [0.29, 0.717) is 5.69 Å². The van der Waals surface area contributed by atoms with Crippen molar-refractivity contribution in [1.82, 2.24) is 0 Å². The summed E-state index contributed by atoms with van der Waals surface area (Å²) in [4.78, 5) is 12.5. The first kappa shape index (κ1) is 14.4. The van der Waals surface area contributed by atoms with Gasteiger partial charge in [0.2, 0.25) is 15.9 Å². The number of hydrogen-bond donors (Lipinski definition) is 1. The van der Waals surface area contributed by atoms with Crippen molar-refractivity contribution in [3.8, 4) is 0 Å². The van der Waals surface area contributed by atoms with Gasteiger partial charge in [-0.05, 0) is 19.1 Å². The Morgan fingerprint density at radius 2 is 2.06 bits per heavy atom. The molecule has 0 bridgehead atoms. The molecule has 0 aromatic heterocycles. The van der Waals surface area contributed by atoms with E-state index in [9.17, 15) is 17.6 Å². The number of amides is 1. The minimum absolute atomic E-state index is 0.0505. The van der Waals surface area contributed by atoms with E-state index >= 15 is 0 Å². The molecule has 0 aliphatic rings. The minimum Gasteiger partial charge on any atom is -0.314 e. The molecule has 0 aliphatic carbocycles. The summed E-state index contributed by atoms with van der Waals surface area (Å²) in [6, 6.07) is 3.56. The number of carbonyl (C=O) groups is 1. The summed E-state index contributed by atoms with van der Waals surface area (Å²) in [7, 11) is -2.04. The first-order valence-electron chi connectivity index (χ1n) is 5.31. The highest BCUT2D eigenvalue weighted by Crippen LogP contribution is 2.27. The van der Waals surface area contributed by atoms with Crippen molar-refractivity contribution in [3.63, 3.8) is 0 Å². The van der Waals surface area contributed by atoms with E-state index in [1.807, 2.05) is 0 Å². The SMILES string of the molecule is CCS(=O)(=O)Nc1cc(F)ccc1N(C)C(C)=O. The maximum Gasteiger partial charge on any atom is 0.232 e. The van der Waals surface area contributed by atoms with E-state index < -0.39 is 15.8 Å². The maximum atomic E-state index is 13.2. The third-order valence-electron chi connectivity index (χ3n) is 2.44. The smallest absolute Gasteiger partial charge is 0.232 e. The second kappa shape index (κ2) is 5.34. The van der Waals surface area contributed by atoms with Gasteiger partial charge < -0.3 is 4.90 Å². The lowest BCUT2D eigenvalue weighted by Crippen LogP contribution is -2.25. The highest BCUT2D eigenvalue weighted by atomic mass is 32.2. The summed E-state index contributed by atoms with van der Waals surface area (Å²) < 4.78 is 38.4. The molecule has 1 N–H and O–H groups in total. The van der Waals surface area contributed by atoms with Gasteiger partial charge in [0, 0.05) is 20.0 Å². The van der Waals surface area contributed by atoms with Crippen molar-refractivity contribution in [2.45, 2.75) is 13.8 Å². The van der Waals surface area contributed by atoms with Gasteiger partial charge in [0.15, 0.2) is 0 Å². The molecule has 1 aromatic carbocycles. The summed E-state index contributed by atoms with van der Waals surface area (Å²) in [5.74, 6) is -0.990. The van der Waals surface area contributed by atoms with Crippen LogP contribution in [0.5, 0.6) is 0 Å². The lowest BCUT2D eigenvalue weighted by atomic mass is 10.2. The average molecular weight is 274 g/mol. The number of sulfonamides is 1. The predicted molar refractivity (Wildman–Crippen MR) is 68.6 cm³/mol. The lowest BCUT2D eigenvalue weighted by molar-refractivity contribution is -0.116. The molecule has 1 aromatic rings. The van der Waals surface area contributed by atoms with Crippen LogP contribution in [0.2, 0.25) is 0 Å². The zero-order valence-corrected chi connectivity index (χ0v) is 11.2. The van der Waals surface area contributed by atoms with Crippen LogP contribution >= 0.6 is 0 Å². The van der Waals surface area contributed by atoms with Gasteiger partial charge in [0.1, 0.15) is 5.82 Å². The van der Waals surface area contributed by atoms with Crippen LogP contribution < -0.4 is 9.62 Å². The van der Waals surface area contributed by atoms with Crippen LogP contribution in [-0.2, 0) is 14.8 Å². The second-order valence-electron chi connectivity index (χ2n) is 3.74. The molecule has 0 spiro atoms. The van der Waals surface area contributed by atoms with Gasteiger partial charge in [0.25, 0.3) is 0 Å². The molecule has 18 heavy (non-hydrogen) atoms. The van der Waals surface area contributed by atoms with Crippen molar-refractivity contribution in [2.24, 2.45) is 0 Å². The molecule has 1 amide bonds. The number of hydrogen-bond acceptors (Lipinski definition) is 3. The summed E-state index contributed by atoms with van der Waals surface area (Å²) in [6.45, 7) is 2.80. The van der Waals surface area contributed by atoms with Crippen LogP contribution in [0.25, 0.3) is 0 Å². The first-order valence-corrected chi connectivity index (χ1v) is 6.96. The van der Waals surface area contributed by atoms with E-state index in [4.69, 9.17) is 0 Å². The van der Waals surface area contributed by atoms with Crippen LogP contribution in [0.3, 0.4) is 0 Å². The molecule has 0 heterocycles. The maximum absolute atomic E-state index is 13.2. The zero-order valence-electron chi connectivity index (χ0n) is 10.4. The monoisotopic (exact) mass is 274 g/mol. The van der Waals surface area contributed by atoms with Crippen molar-refractivity contribution >= 4 is 27.3 Å². The Kier molecular flexibility index (Phi) is 4.28. The van der Waals surface area contributed by atoms with Gasteiger partial charge in [-0.15, -0.1) is 0 Å². The van der Waals surface area contributed by atoms with Gasteiger partial charge in [-0.1, -0.05) is 0 Å². The van der Waals surface area contributed by atoms with Crippen LogP contribution in [0.15, 0.2) is 18.2 Å². The molecule has 0 atom stereocenters. The largest absolute Gasteiger partial charge is 0.314 e. The van der Waals surface area contributed by atoms with Crippen LogP contribution in [0, 0.1) is 5.82 Å². The number of nitrogens with one attached hydrogen (secondary N) is 1. The van der Waals surface area contributed by atoms with Crippen molar-refractivity contribution in [1.29, 1.82) is 0 Å². The minimum atomic E-state index is -3.53. The Balaban J connectivity index is 3.24. The highest BCUT2D eigenvalue weighted by Gasteiger charge is 2.15. The second-order valence-corrected chi connectivity index (χ2v) is 5.76. The number of anilines is 2. The fourth-order valence-corrected chi connectivity index (χ4v) is 1.93. The van der Waals surface area contributed by atoms with Crippen LogP contribution in [0.4, 0.5) is 15.8 Å². The quantitative estimate of drug-likeness (QED) is 0.906. The number of rotatable bonds is 4. The lowest BCUT2D eigenvalue weighted by Gasteiger charge is -2.19. The molecule has 0 fully saturated rings. The van der Waals surface area contributed by atoms with E-state index in [1.165, 1.54) is 37.9 Å². The summed E-state index contributed by atoms with van der Waals surface area (Å²) in [6.07, 6.45) is 0. The molecular formula is C11H15FN2O3S. The predicted octanol–water partition coefficient (Wildman–Crippen LogP) is 1.57. The molecule has 5 nitrogen and oxygen atoms in total. The number of benzene rings is 1. The molecule has 1 rings (SSSR count). The van der Waals surface area contributed by atoms with Gasteiger partial charge >= 0.3 is 0 Å². The molecule has 0 aliphatic heterocycles. The van der Waals surface area contributed by atoms with E-state index in [0.717, 1.165) is 6.07 Å². The summed E-state index contributed by atoms with van der Waals surface area (Å²) in [5, 5.41) is 0. The highest BCUT2D eigenvalue weighted by molar-refractivity contribution is 7.92. The number of halogens is 1. The Labute approximate surface area is 106 Å². The van der Waals surface area contributed by atoms with Crippen molar-refractivity contribution in [2.75, 3.05) is 22.4 Å². The molecule has 100 valence electrons. The van der Waals surface area contributed by atoms with Crippen LogP contribution in [0.1, 0.15) is 13.8 Å². The Morgan fingerprint density at radius 1 is 1.44 bits per heavy atom. The molecule has 0 unspecified atom stereocenters. The third-order valence-corrected chi connectivity index (χ3v) is 3.73. The molecule has 0 saturated heterocycles. The van der Waals surface area contributed by atoms with Gasteiger partial charge in [-0.2, -0.15) is 0 Å². The molecule has 0 saturated carbocycles. The average Bonchev–Trinajstić information content (AvgIpc) is 2.28. The fraction of sp³-hybridized carbons (Fsp3) is 0.364. The summed E-state index contributed by atoms with van der Waals surface area (Å²) in [5.41, 5.74) is 0.357. The molecule has 0 radical (unpaired) electrons. The number of carbonyl (C=O) groups excluding carboxylic acids is 1. The van der Waals surface area contributed by atoms with E-state index in [1.54, 1.807) is 0 Å². The molecular weight excluding hydrogens is 259 g/mol. The third kappa shape index (κ3) is 3.43. The Hall–Kier alpha value is -1.63. The standard InChI is InChI=1S/C11H15FN2O3S/c1-4-18(16,17)13-10-7-9(12)5-6-11(10)14(3)8(2)15/h5-7,13H,4H2,1-3H3. The first-order chi connectivity index (χ1) is 8.26. The molecule has 7 heteroatoms. The van der Waals surface area contributed by atoms with E-state index in [-0.39, 0.29) is 17.3 Å². The van der Waals surface area contributed by atoms with Crippen molar-refractivity contribution < 1.29 is 17.6 Å². The van der Waals surface area contributed by atoms with Gasteiger partial charge in [-0.25, -0.2) is 12.8 Å². The Bertz CT molecular complexity index is 557. The topological polar surface area (TPSA) is 66.5 Å². The number of nitrogens with zero attached hydrogens (tertiary/aromatic N) is 1. The fourth-order valence-electron chi connectivity index (χ4n) is 1.29. The van der Waals surface area contributed by atoms with Crippen molar-refractivity contribution in [3.05, 3.63) is 24.0 Å². The van der Waals surface area contributed by atoms with Gasteiger partial charge in [0.05, 0.1) is 17.1 Å². The normalized spacial score (nSPS) is 11.1. The van der Waals surface area contributed by atoms with Crippen LogP contribution in [-0.4, -0.2) is 27.1 Å². The van der Waals surface area contributed by atoms with Gasteiger partial charge in [-0.3, -0.25) is 9.52 Å². The zero-order chi connectivity index (χ0) is 13.9. The Morgan fingerprint density at radius 3 is 2.56 bits per heavy atom. The van der Waals surface area contributed by atoms with E-state index in [2.05, 4.69) is 4.72 Å². The summed E-state index contributed by atoms with van der Waals surface area (Å²) >= 11 is 0.